The molecule has 2 bridgehead atoms. The number of nitrogens with zero attached hydrogens (tertiary/aromatic N) is 1. The minimum absolute atomic E-state index is 0.0211. The van der Waals surface area contributed by atoms with E-state index in [0.29, 0.717) is 16.7 Å². The van der Waals surface area contributed by atoms with Crippen LogP contribution in [-0.2, 0) is 0 Å². The molecule has 0 saturated carbocycles. The van der Waals surface area contributed by atoms with Crippen LogP contribution in [0.2, 0.25) is 0 Å². The number of rotatable bonds is 3. The number of nitrogens with one attached hydrogen (secondary N) is 2. The average Bonchev–Trinajstić information content (AvgIpc) is 3.04. The van der Waals surface area contributed by atoms with Crippen LogP contribution in [0.25, 0.3) is 0 Å². The van der Waals surface area contributed by atoms with Crippen molar-refractivity contribution in [1.29, 1.82) is 0 Å². The van der Waals surface area contributed by atoms with E-state index in [1.54, 1.807) is 0 Å². The second-order valence-corrected chi connectivity index (χ2v) is 4.94. The summed E-state index contributed by atoms with van der Waals surface area (Å²) < 4.78 is 26.0. The maximum atomic E-state index is 12.7. The average molecular weight is 255 g/mol. The molecule has 2 N–H and O–H groups in total. The summed E-state index contributed by atoms with van der Waals surface area (Å²) in [4.78, 5) is 12.0. The Balaban J connectivity index is 1.69. The molecular weight excluding hydrogens is 240 g/mol. The van der Waals surface area contributed by atoms with Gasteiger partial charge < -0.3 is 10.6 Å². The molecule has 18 heavy (non-hydrogen) atoms. The lowest BCUT2D eigenvalue weighted by Gasteiger charge is -2.21. The van der Waals surface area contributed by atoms with Crippen LogP contribution < -0.4 is 10.6 Å². The van der Waals surface area contributed by atoms with Crippen LogP contribution in [0.15, 0.2) is 18.3 Å². The molecule has 1 aromatic rings. The maximum absolute atomic E-state index is 12.7. The van der Waals surface area contributed by atoms with E-state index in [0.717, 1.165) is 19.3 Å². The zero-order valence-corrected chi connectivity index (χ0v) is 9.77. The first kappa shape index (κ1) is 11.6. The monoisotopic (exact) mass is 255 g/mol. The Morgan fingerprint density at radius 3 is 2.94 bits per heavy atom. The zero-order valence-electron chi connectivity index (χ0n) is 9.77. The predicted octanol–water partition coefficient (Wildman–Crippen LogP) is 1.51. The molecule has 4 nitrogen and oxygen atoms in total. The van der Waals surface area contributed by atoms with Gasteiger partial charge in [0.2, 0.25) is 0 Å². The van der Waals surface area contributed by atoms with Gasteiger partial charge in [0.15, 0.2) is 0 Å². The second kappa shape index (κ2) is 4.35. The van der Waals surface area contributed by atoms with E-state index in [2.05, 4.69) is 10.6 Å². The lowest BCUT2D eigenvalue weighted by molar-refractivity contribution is 0.0630. The van der Waals surface area contributed by atoms with Gasteiger partial charge in [0.05, 0.1) is 0 Å². The van der Waals surface area contributed by atoms with Crippen molar-refractivity contribution in [2.45, 2.75) is 43.9 Å². The molecule has 0 aliphatic carbocycles. The van der Waals surface area contributed by atoms with Gasteiger partial charge in [0, 0.05) is 24.3 Å². The fraction of sp³-hybridized carbons (Fsp3) is 0.583. The van der Waals surface area contributed by atoms with E-state index in [9.17, 15) is 13.6 Å². The summed E-state index contributed by atoms with van der Waals surface area (Å²) in [6.45, 7) is -2.68. The number of fused-ring (bicyclic) bond motifs is 2. The number of carbonyl (C=O) groups is 1. The quantitative estimate of drug-likeness (QED) is 0.860. The van der Waals surface area contributed by atoms with Gasteiger partial charge in [0.1, 0.15) is 5.69 Å². The van der Waals surface area contributed by atoms with Crippen molar-refractivity contribution in [1.82, 2.24) is 15.2 Å². The molecule has 6 heteroatoms. The van der Waals surface area contributed by atoms with E-state index in [1.807, 2.05) is 0 Å². The number of carbonyl (C=O) groups excluding carboxylic acids is 1. The third kappa shape index (κ3) is 1.90. The lowest BCUT2D eigenvalue weighted by atomic mass is 9.95. The Morgan fingerprint density at radius 1 is 1.50 bits per heavy atom. The number of hydrogen-bond donors (Lipinski definition) is 2. The number of aromatic nitrogens is 1. The summed E-state index contributed by atoms with van der Waals surface area (Å²) in [5.74, 6) is -0.417. The fourth-order valence-electron chi connectivity index (χ4n) is 2.98. The zero-order chi connectivity index (χ0) is 12.7. The fourth-order valence-corrected chi connectivity index (χ4v) is 2.98. The number of alkyl halides is 2. The first-order valence-electron chi connectivity index (χ1n) is 6.17. The topological polar surface area (TPSA) is 46.1 Å². The Bertz CT molecular complexity index is 460. The van der Waals surface area contributed by atoms with E-state index in [-0.39, 0.29) is 11.7 Å². The van der Waals surface area contributed by atoms with Gasteiger partial charge in [-0.05, 0) is 31.4 Å². The molecule has 3 atom stereocenters. The molecule has 0 radical (unpaired) electrons. The van der Waals surface area contributed by atoms with Crippen molar-refractivity contribution in [3.63, 3.8) is 0 Å². The lowest BCUT2D eigenvalue weighted by Crippen LogP contribution is -2.43. The van der Waals surface area contributed by atoms with Gasteiger partial charge >= 0.3 is 6.55 Å². The number of halogens is 2. The Morgan fingerprint density at radius 2 is 2.33 bits per heavy atom. The Hall–Kier alpha value is -1.43. The van der Waals surface area contributed by atoms with Crippen LogP contribution >= 0.6 is 0 Å². The molecule has 0 aromatic carbocycles. The second-order valence-electron chi connectivity index (χ2n) is 4.94. The van der Waals surface area contributed by atoms with Crippen molar-refractivity contribution in [3.8, 4) is 0 Å². The maximum Gasteiger partial charge on any atom is 0.319 e. The molecule has 1 amide bonds. The van der Waals surface area contributed by atoms with Gasteiger partial charge in [-0.1, -0.05) is 0 Å². The third-order valence-electron chi connectivity index (χ3n) is 3.84. The van der Waals surface area contributed by atoms with E-state index < -0.39 is 12.5 Å². The van der Waals surface area contributed by atoms with Crippen molar-refractivity contribution in [2.24, 2.45) is 0 Å². The standard InChI is InChI=1S/C12H15F2N3O/c13-12(14)17-5-1-2-10(17)11(18)16-9-6-7-3-4-8(9)15-7/h1-2,5,7-9,12,15H,3-4,6H2,(H,16,18)/t7-,8+,9+/m1/s1. The van der Waals surface area contributed by atoms with Crippen LogP contribution in [0, 0.1) is 0 Å². The molecular formula is C12H15F2N3O. The first-order valence-corrected chi connectivity index (χ1v) is 6.17. The summed E-state index contributed by atoms with van der Waals surface area (Å²) in [5.41, 5.74) is 0.0211. The Labute approximate surface area is 103 Å². The molecule has 1 aromatic heterocycles. The highest BCUT2D eigenvalue weighted by molar-refractivity contribution is 5.93. The van der Waals surface area contributed by atoms with Gasteiger partial charge in [-0.25, -0.2) is 0 Å². The van der Waals surface area contributed by atoms with Crippen molar-refractivity contribution < 1.29 is 13.6 Å². The van der Waals surface area contributed by atoms with E-state index >= 15 is 0 Å². The van der Waals surface area contributed by atoms with Crippen LogP contribution in [0.4, 0.5) is 8.78 Å². The van der Waals surface area contributed by atoms with Crippen LogP contribution in [0.1, 0.15) is 36.3 Å². The highest BCUT2D eigenvalue weighted by atomic mass is 19.3. The van der Waals surface area contributed by atoms with Crippen LogP contribution in [0.3, 0.4) is 0 Å². The molecule has 0 spiro atoms. The number of hydrogen-bond acceptors (Lipinski definition) is 2. The molecule has 2 fully saturated rings. The van der Waals surface area contributed by atoms with Crippen LogP contribution in [0.5, 0.6) is 0 Å². The van der Waals surface area contributed by atoms with Crippen LogP contribution in [-0.4, -0.2) is 28.6 Å². The summed E-state index contributed by atoms with van der Waals surface area (Å²) in [7, 11) is 0. The first-order chi connectivity index (χ1) is 8.65. The molecule has 2 saturated heterocycles. The SMILES string of the molecule is O=C(N[C@H]1C[C@H]2CC[C@@H]1N2)c1cccn1C(F)F. The number of amides is 1. The highest BCUT2D eigenvalue weighted by Gasteiger charge is 2.39. The molecule has 0 unspecified atom stereocenters. The van der Waals surface area contributed by atoms with Crippen molar-refractivity contribution in [3.05, 3.63) is 24.0 Å². The van der Waals surface area contributed by atoms with Gasteiger partial charge in [0.25, 0.3) is 5.91 Å². The van der Waals surface area contributed by atoms with Gasteiger partial charge in [-0.3, -0.25) is 9.36 Å². The van der Waals surface area contributed by atoms with E-state index in [1.165, 1.54) is 18.3 Å². The molecule has 98 valence electrons. The largest absolute Gasteiger partial charge is 0.346 e. The summed E-state index contributed by atoms with van der Waals surface area (Å²) >= 11 is 0. The van der Waals surface area contributed by atoms with Gasteiger partial charge in [-0.2, -0.15) is 8.78 Å². The third-order valence-corrected chi connectivity index (χ3v) is 3.84. The van der Waals surface area contributed by atoms with E-state index in [4.69, 9.17) is 0 Å². The van der Waals surface area contributed by atoms with Crippen molar-refractivity contribution in [2.75, 3.05) is 0 Å². The molecule has 2 aliphatic heterocycles. The molecule has 3 heterocycles. The smallest absolute Gasteiger partial charge is 0.319 e. The predicted molar refractivity (Wildman–Crippen MR) is 61.5 cm³/mol. The normalized spacial score (nSPS) is 30.1. The highest BCUT2D eigenvalue weighted by Crippen LogP contribution is 2.28. The summed E-state index contributed by atoms with van der Waals surface area (Å²) in [6, 6.07) is 3.72. The summed E-state index contributed by atoms with van der Waals surface area (Å²) in [5, 5.41) is 6.25. The van der Waals surface area contributed by atoms with Gasteiger partial charge in [-0.15, -0.1) is 0 Å². The Kier molecular flexibility index (Phi) is 2.81. The molecule has 2 aliphatic rings. The van der Waals surface area contributed by atoms with Crippen molar-refractivity contribution >= 4 is 5.91 Å². The minimum atomic E-state index is -2.68. The summed E-state index contributed by atoms with van der Waals surface area (Å²) in [6.07, 6.45) is 4.31. The molecule has 3 rings (SSSR count). The minimum Gasteiger partial charge on any atom is -0.346 e.